The Balaban J connectivity index is 1.33. The number of aliphatic hydroxyl groups excluding tert-OH is 1. The molecule has 0 radical (unpaired) electrons. The highest BCUT2D eigenvalue weighted by molar-refractivity contribution is 5.88. The minimum atomic E-state index is -0.266. The third kappa shape index (κ3) is 4.62. The van der Waals surface area contributed by atoms with Crippen molar-refractivity contribution in [1.29, 1.82) is 0 Å². The lowest BCUT2D eigenvalue weighted by Crippen LogP contribution is -2.34. The fraction of sp³-hybridized carbons (Fsp3) is 0.400. The maximum absolute atomic E-state index is 12.8. The summed E-state index contributed by atoms with van der Waals surface area (Å²) in [6.07, 6.45) is 10.5. The minimum Gasteiger partial charge on any atom is -0.394 e. The molecule has 0 aliphatic carbocycles. The predicted molar refractivity (Wildman–Crippen MR) is 127 cm³/mol. The van der Waals surface area contributed by atoms with Crippen LogP contribution in [-0.4, -0.2) is 68.2 Å². The van der Waals surface area contributed by atoms with Crippen LogP contribution >= 0.6 is 0 Å². The van der Waals surface area contributed by atoms with E-state index in [9.17, 15) is 9.90 Å². The average molecular weight is 447 g/mol. The Morgan fingerprint density at radius 1 is 1.18 bits per heavy atom. The van der Waals surface area contributed by atoms with Gasteiger partial charge in [-0.05, 0) is 49.0 Å². The zero-order chi connectivity index (χ0) is 22.6. The molecule has 4 heterocycles. The van der Waals surface area contributed by atoms with Crippen molar-refractivity contribution in [2.75, 3.05) is 38.1 Å². The van der Waals surface area contributed by atoms with Gasteiger partial charge in [0.15, 0.2) is 5.82 Å². The summed E-state index contributed by atoms with van der Waals surface area (Å²) in [6.45, 7) is 4.28. The largest absolute Gasteiger partial charge is 0.394 e. The SMILES string of the molecule is O=C(/C=C/CN1CCCC1)N1CCc2c(cn3ncnc(NC(CO)c4ccccc4)c23)C1. The van der Waals surface area contributed by atoms with Gasteiger partial charge in [0.25, 0.3) is 0 Å². The lowest BCUT2D eigenvalue weighted by atomic mass is 10.0. The monoisotopic (exact) mass is 446 g/mol. The highest BCUT2D eigenvalue weighted by Gasteiger charge is 2.25. The minimum absolute atomic E-state index is 0.0465. The molecule has 1 atom stereocenters. The summed E-state index contributed by atoms with van der Waals surface area (Å²) in [5.74, 6) is 0.753. The van der Waals surface area contributed by atoms with Crippen molar-refractivity contribution in [2.45, 2.75) is 31.8 Å². The molecule has 33 heavy (non-hydrogen) atoms. The van der Waals surface area contributed by atoms with Crippen molar-refractivity contribution < 1.29 is 9.90 Å². The number of aliphatic hydroxyl groups is 1. The van der Waals surface area contributed by atoms with E-state index >= 15 is 0 Å². The molecule has 8 heteroatoms. The van der Waals surface area contributed by atoms with Gasteiger partial charge < -0.3 is 15.3 Å². The molecule has 0 spiro atoms. The number of anilines is 1. The van der Waals surface area contributed by atoms with E-state index in [2.05, 4.69) is 20.3 Å². The number of fused-ring (bicyclic) bond motifs is 3. The number of rotatable bonds is 7. The van der Waals surface area contributed by atoms with Gasteiger partial charge in [-0.25, -0.2) is 9.50 Å². The van der Waals surface area contributed by atoms with E-state index in [4.69, 9.17) is 0 Å². The standard InChI is InChI=1S/C25H30N6O2/c32-17-22(19-7-2-1-3-8-19)28-25-24-21-10-14-30(15-20(21)16-31(24)27-18-26-25)23(33)9-6-13-29-11-4-5-12-29/h1-3,6-9,16,18,22,32H,4-5,10-15,17H2,(H,26,27,28)/b9-6+. The number of nitrogens with one attached hydrogen (secondary N) is 1. The Morgan fingerprint density at radius 2 is 2.00 bits per heavy atom. The third-order valence-corrected chi connectivity index (χ3v) is 6.59. The molecule has 1 aromatic carbocycles. The smallest absolute Gasteiger partial charge is 0.246 e. The summed E-state index contributed by atoms with van der Waals surface area (Å²) in [5, 5.41) is 17.8. The van der Waals surface area contributed by atoms with Gasteiger partial charge in [0, 0.05) is 31.9 Å². The number of hydrogen-bond donors (Lipinski definition) is 2. The first-order chi connectivity index (χ1) is 16.2. The summed E-state index contributed by atoms with van der Waals surface area (Å²) in [6, 6.07) is 9.58. The second-order valence-electron chi connectivity index (χ2n) is 8.74. The van der Waals surface area contributed by atoms with Crippen LogP contribution in [0.4, 0.5) is 5.82 Å². The lowest BCUT2D eigenvalue weighted by Gasteiger charge is -2.26. The van der Waals surface area contributed by atoms with Crippen LogP contribution < -0.4 is 5.32 Å². The maximum Gasteiger partial charge on any atom is 0.246 e. The second-order valence-corrected chi connectivity index (χ2v) is 8.74. The zero-order valence-electron chi connectivity index (χ0n) is 18.7. The van der Waals surface area contributed by atoms with Crippen molar-refractivity contribution >= 4 is 17.2 Å². The zero-order valence-corrected chi connectivity index (χ0v) is 18.7. The predicted octanol–water partition coefficient (Wildman–Crippen LogP) is 2.41. The number of amides is 1. The van der Waals surface area contributed by atoms with Crippen LogP contribution in [0, 0.1) is 0 Å². The van der Waals surface area contributed by atoms with Crippen molar-refractivity contribution in [2.24, 2.45) is 0 Å². The number of carbonyl (C=O) groups excluding carboxylic acids is 1. The number of carbonyl (C=O) groups is 1. The molecular formula is C25H30N6O2. The van der Waals surface area contributed by atoms with E-state index in [0.29, 0.717) is 18.9 Å². The van der Waals surface area contributed by atoms with Crippen LogP contribution in [0.3, 0.4) is 0 Å². The molecule has 1 saturated heterocycles. The molecule has 2 N–H and O–H groups in total. The Morgan fingerprint density at radius 3 is 2.79 bits per heavy atom. The molecule has 0 bridgehead atoms. The van der Waals surface area contributed by atoms with Crippen LogP contribution in [0.5, 0.6) is 0 Å². The summed E-state index contributed by atoms with van der Waals surface area (Å²) in [4.78, 5) is 21.5. The first kappa shape index (κ1) is 21.6. The molecule has 172 valence electrons. The lowest BCUT2D eigenvalue weighted by molar-refractivity contribution is -0.126. The van der Waals surface area contributed by atoms with Crippen molar-refractivity contribution in [3.63, 3.8) is 0 Å². The number of likely N-dealkylation sites (tertiary alicyclic amines) is 1. The first-order valence-corrected chi connectivity index (χ1v) is 11.7. The Hall–Kier alpha value is -3.23. The summed E-state index contributed by atoms with van der Waals surface area (Å²) in [5.41, 5.74) is 4.16. The molecule has 2 aromatic heterocycles. The molecule has 1 unspecified atom stereocenters. The van der Waals surface area contributed by atoms with E-state index in [-0.39, 0.29) is 18.6 Å². The number of hydrogen-bond acceptors (Lipinski definition) is 6. The molecule has 5 rings (SSSR count). The van der Waals surface area contributed by atoms with Gasteiger partial charge in [-0.1, -0.05) is 36.4 Å². The van der Waals surface area contributed by atoms with Crippen LogP contribution in [0.15, 0.2) is 55.0 Å². The summed E-state index contributed by atoms with van der Waals surface area (Å²) >= 11 is 0. The highest BCUT2D eigenvalue weighted by atomic mass is 16.3. The van der Waals surface area contributed by atoms with Crippen molar-refractivity contribution in [1.82, 2.24) is 24.4 Å². The van der Waals surface area contributed by atoms with Gasteiger partial charge in [-0.2, -0.15) is 5.10 Å². The third-order valence-electron chi connectivity index (χ3n) is 6.59. The van der Waals surface area contributed by atoms with Gasteiger partial charge in [0.2, 0.25) is 5.91 Å². The molecule has 0 saturated carbocycles. The van der Waals surface area contributed by atoms with E-state index in [1.165, 1.54) is 19.2 Å². The van der Waals surface area contributed by atoms with Gasteiger partial charge in [-0.3, -0.25) is 9.69 Å². The quantitative estimate of drug-likeness (QED) is 0.542. The van der Waals surface area contributed by atoms with Crippen molar-refractivity contribution in [3.8, 4) is 0 Å². The Bertz CT molecular complexity index is 1140. The van der Waals surface area contributed by atoms with Gasteiger partial charge in [0.1, 0.15) is 11.8 Å². The fourth-order valence-electron chi connectivity index (χ4n) is 4.82. The molecular weight excluding hydrogens is 416 g/mol. The molecule has 3 aromatic rings. The van der Waals surface area contributed by atoms with E-state index < -0.39 is 0 Å². The topological polar surface area (TPSA) is 86.0 Å². The fourth-order valence-corrected chi connectivity index (χ4v) is 4.82. The van der Waals surface area contributed by atoms with E-state index in [1.54, 1.807) is 6.08 Å². The Kier molecular flexibility index (Phi) is 6.37. The van der Waals surface area contributed by atoms with Crippen LogP contribution in [-0.2, 0) is 17.8 Å². The number of aromatic nitrogens is 3. The van der Waals surface area contributed by atoms with Crippen LogP contribution in [0.1, 0.15) is 35.6 Å². The van der Waals surface area contributed by atoms with Crippen LogP contribution in [0.25, 0.3) is 5.52 Å². The number of benzene rings is 1. The molecule has 1 amide bonds. The summed E-state index contributed by atoms with van der Waals surface area (Å²) in [7, 11) is 0. The molecule has 2 aliphatic heterocycles. The van der Waals surface area contributed by atoms with Crippen LogP contribution in [0.2, 0.25) is 0 Å². The van der Waals surface area contributed by atoms with E-state index in [1.807, 2.05) is 52.0 Å². The molecule has 2 aliphatic rings. The molecule has 1 fully saturated rings. The summed E-state index contributed by atoms with van der Waals surface area (Å²) < 4.78 is 1.83. The maximum atomic E-state index is 12.8. The molecule has 8 nitrogen and oxygen atoms in total. The van der Waals surface area contributed by atoms with Gasteiger partial charge >= 0.3 is 0 Å². The Labute approximate surface area is 193 Å². The number of nitrogens with zero attached hydrogens (tertiary/aromatic N) is 5. The van der Waals surface area contributed by atoms with Gasteiger partial charge in [-0.15, -0.1) is 0 Å². The normalized spacial score (nSPS) is 17.5. The second kappa shape index (κ2) is 9.72. The van der Waals surface area contributed by atoms with E-state index in [0.717, 1.165) is 48.3 Å². The van der Waals surface area contributed by atoms with Crippen molar-refractivity contribution in [3.05, 3.63) is 71.7 Å². The highest BCUT2D eigenvalue weighted by Crippen LogP contribution is 2.30. The first-order valence-electron chi connectivity index (χ1n) is 11.7. The average Bonchev–Trinajstić information content (AvgIpc) is 3.50. The van der Waals surface area contributed by atoms with Gasteiger partial charge in [0.05, 0.1) is 12.6 Å².